The van der Waals surface area contributed by atoms with E-state index in [1.165, 1.54) is 25.7 Å². The second-order valence-electron chi connectivity index (χ2n) is 4.04. The van der Waals surface area contributed by atoms with Crippen molar-refractivity contribution in [3.8, 4) is 0 Å². The molecule has 0 fully saturated rings. The van der Waals surface area contributed by atoms with Crippen molar-refractivity contribution >= 4 is 10.4 Å². The number of hydrogen-bond donors (Lipinski definition) is 1. The summed E-state index contributed by atoms with van der Waals surface area (Å²) in [4.78, 5) is 0. The van der Waals surface area contributed by atoms with E-state index >= 15 is 0 Å². The first-order chi connectivity index (χ1) is 8.56. The van der Waals surface area contributed by atoms with Crippen LogP contribution in [-0.4, -0.2) is 32.8 Å². The molecule has 0 bridgehead atoms. The molecule has 0 aromatic heterocycles. The van der Waals surface area contributed by atoms with Crippen LogP contribution in [0.4, 0.5) is 0 Å². The minimum Gasteiger partial charge on any atom is -0.726 e. The lowest BCUT2D eigenvalue weighted by molar-refractivity contribution is 0.0939. The summed E-state index contributed by atoms with van der Waals surface area (Å²) in [7, 11) is -4.57. The van der Waals surface area contributed by atoms with Crippen LogP contribution >= 0.6 is 0 Å². The SMILES string of the molecule is C=CCCCCCCCCOCCOS(=O)(=O)[O-].[NH4+]. The maximum atomic E-state index is 10.1. The lowest BCUT2D eigenvalue weighted by atomic mass is 10.1. The van der Waals surface area contributed by atoms with Gasteiger partial charge in [-0.05, 0) is 19.3 Å². The van der Waals surface area contributed by atoms with Gasteiger partial charge < -0.3 is 15.4 Å². The molecule has 0 atom stereocenters. The van der Waals surface area contributed by atoms with Crippen LogP contribution < -0.4 is 6.15 Å². The monoisotopic (exact) mass is 297 g/mol. The third-order valence-electron chi connectivity index (χ3n) is 2.40. The maximum absolute atomic E-state index is 10.1. The van der Waals surface area contributed by atoms with Crippen molar-refractivity contribution in [1.29, 1.82) is 0 Å². The van der Waals surface area contributed by atoms with Crippen LogP contribution in [-0.2, 0) is 19.3 Å². The summed E-state index contributed by atoms with van der Waals surface area (Å²) in [5.41, 5.74) is 0. The average Bonchev–Trinajstić information content (AvgIpc) is 2.29. The molecule has 0 aliphatic rings. The van der Waals surface area contributed by atoms with Crippen LogP contribution in [0.5, 0.6) is 0 Å². The molecule has 0 amide bonds. The highest BCUT2D eigenvalue weighted by molar-refractivity contribution is 7.80. The Bertz CT molecular complexity index is 292. The van der Waals surface area contributed by atoms with Gasteiger partial charge in [0.05, 0.1) is 13.2 Å². The highest BCUT2D eigenvalue weighted by Crippen LogP contribution is 2.07. The molecule has 0 radical (unpaired) electrons. The Morgan fingerprint density at radius 3 is 2.11 bits per heavy atom. The Hall–Kier alpha value is -0.470. The second-order valence-corrected chi connectivity index (χ2v) is 5.09. The van der Waals surface area contributed by atoms with E-state index in [9.17, 15) is 13.0 Å². The van der Waals surface area contributed by atoms with E-state index in [0.29, 0.717) is 6.61 Å². The van der Waals surface area contributed by atoms with Crippen molar-refractivity contribution in [2.75, 3.05) is 19.8 Å². The summed E-state index contributed by atoms with van der Waals surface area (Å²) in [6.45, 7) is 4.19. The maximum Gasteiger partial charge on any atom is 0.217 e. The molecule has 4 N–H and O–H groups in total. The summed E-state index contributed by atoms with van der Waals surface area (Å²) in [6.07, 6.45) is 9.95. The van der Waals surface area contributed by atoms with Gasteiger partial charge in [0.1, 0.15) is 0 Å². The van der Waals surface area contributed by atoms with E-state index in [-0.39, 0.29) is 19.4 Å². The fraction of sp³-hybridized carbons (Fsp3) is 0.833. The minimum atomic E-state index is -4.57. The number of hydrogen-bond acceptors (Lipinski definition) is 5. The molecule has 116 valence electrons. The molecule has 0 unspecified atom stereocenters. The van der Waals surface area contributed by atoms with Gasteiger partial charge >= 0.3 is 0 Å². The Morgan fingerprint density at radius 1 is 0.947 bits per heavy atom. The lowest BCUT2D eigenvalue weighted by Crippen LogP contribution is -2.10. The minimum absolute atomic E-state index is 0. The Balaban J connectivity index is 0. The van der Waals surface area contributed by atoms with Gasteiger partial charge in [-0.25, -0.2) is 8.42 Å². The molecule has 0 saturated carbocycles. The van der Waals surface area contributed by atoms with Crippen molar-refractivity contribution < 1.29 is 21.9 Å². The summed E-state index contributed by atoms with van der Waals surface area (Å²) < 4.78 is 39.3. The summed E-state index contributed by atoms with van der Waals surface area (Å²) in [5, 5.41) is 0. The van der Waals surface area contributed by atoms with Gasteiger partial charge in [-0.2, -0.15) is 0 Å². The van der Waals surface area contributed by atoms with Gasteiger partial charge in [0, 0.05) is 6.61 Å². The Morgan fingerprint density at radius 2 is 1.53 bits per heavy atom. The van der Waals surface area contributed by atoms with Crippen molar-refractivity contribution in [2.45, 2.75) is 44.9 Å². The lowest BCUT2D eigenvalue weighted by Gasteiger charge is -2.07. The first-order valence-corrected chi connectivity index (χ1v) is 7.68. The molecular weight excluding hydrogens is 270 g/mol. The number of ether oxygens (including phenoxy) is 1. The molecule has 0 rings (SSSR count). The first-order valence-electron chi connectivity index (χ1n) is 6.35. The normalized spacial score (nSPS) is 11.0. The van der Waals surface area contributed by atoms with Crippen molar-refractivity contribution in [1.82, 2.24) is 6.15 Å². The fourth-order valence-corrected chi connectivity index (χ4v) is 1.77. The zero-order valence-corrected chi connectivity index (χ0v) is 12.6. The van der Waals surface area contributed by atoms with Gasteiger partial charge in [0.25, 0.3) is 0 Å². The molecule has 0 aromatic rings. The predicted molar refractivity (Wildman–Crippen MR) is 75.0 cm³/mol. The predicted octanol–water partition coefficient (Wildman–Crippen LogP) is 2.77. The number of allylic oxidation sites excluding steroid dienone is 1. The molecule has 0 aliphatic heterocycles. The molecule has 0 aliphatic carbocycles. The molecular formula is C12H27NO5S. The molecule has 0 heterocycles. The third kappa shape index (κ3) is 20.0. The van der Waals surface area contributed by atoms with E-state index in [1.54, 1.807) is 0 Å². The zero-order chi connectivity index (χ0) is 13.7. The Labute approximate surface area is 116 Å². The Kier molecular flexibility index (Phi) is 15.3. The molecule has 19 heavy (non-hydrogen) atoms. The van der Waals surface area contributed by atoms with Crippen LogP contribution in [0.2, 0.25) is 0 Å². The molecule has 0 aromatic carbocycles. The van der Waals surface area contributed by atoms with Crippen molar-refractivity contribution in [2.24, 2.45) is 0 Å². The van der Waals surface area contributed by atoms with Crippen LogP contribution in [0.1, 0.15) is 44.9 Å². The van der Waals surface area contributed by atoms with E-state index in [1.807, 2.05) is 6.08 Å². The molecule has 0 saturated heterocycles. The van der Waals surface area contributed by atoms with Gasteiger partial charge in [-0.15, -0.1) is 6.58 Å². The van der Waals surface area contributed by atoms with Gasteiger partial charge in [0.15, 0.2) is 0 Å². The quantitative estimate of drug-likeness (QED) is 0.243. The highest BCUT2D eigenvalue weighted by Gasteiger charge is 1.95. The van der Waals surface area contributed by atoms with Gasteiger partial charge in [-0.3, -0.25) is 4.18 Å². The van der Waals surface area contributed by atoms with Crippen LogP contribution in [0.15, 0.2) is 12.7 Å². The van der Waals surface area contributed by atoms with Crippen molar-refractivity contribution in [3.05, 3.63) is 12.7 Å². The molecule has 0 spiro atoms. The zero-order valence-electron chi connectivity index (χ0n) is 11.8. The number of rotatable bonds is 13. The molecule has 7 heteroatoms. The molecule has 6 nitrogen and oxygen atoms in total. The van der Waals surface area contributed by atoms with E-state index < -0.39 is 10.4 Å². The summed E-state index contributed by atoms with van der Waals surface area (Å²) in [5.74, 6) is 0. The van der Waals surface area contributed by atoms with E-state index in [0.717, 1.165) is 19.3 Å². The third-order valence-corrected chi connectivity index (χ3v) is 2.86. The largest absolute Gasteiger partial charge is 0.726 e. The number of unbranched alkanes of at least 4 members (excludes halogenated alkanes) is 6. The van der Waals surface area contributed by atoms with E-state index in [2.05, 4.69) is 10.8 Å². The van der Waals surface area contributed by atoms with Gasteiger partial charge in [0.2, 0.25) is 10.4 Å². The topological polar surface area (TPSA) is 112 Å². The highest BCUT2D eigenvalue weighted by atomic mass is 32.3. The van der Waals surface area contributed by atoms with Gasteiger partial charge in [-0.1, -0.05) is 31.8 Å². The van der Waals surface area contributed by atoms with Crippen molar-refractivity contribution in [3.63, 3.8) is 0 Å². The van der Waals surface area contributed by atoms with Crippen LogP contribution in [0, 0.1) is 0 Å². The standard InChI is InChI=1S/C12H24O5S.H3N/c1-2-3-4-5-6-7-8-9-10-16-11-12-17-18(13,14)15;/h2H,1,3-12H2,(H,13,14,15);1H3. The second kappa shape index (κ2) is 14.0. The van der Waals surface area contributed by atoms with E-state index in [4.69, 9.17) is 4.74 Å². The summed E-state index contributed by atoms with van der Waals surface area (Å²) in [6, 6.07) is 0. The smallest absolute Gasteiger partial charge is 0.217 e. The average molecular weight is 297 g/mol. The summed E-state index contributed by atoms with van der Waals surface area (Å²) >= 11 is 0. The van der Waals surface area contributed by atoms with Crippen LogP contribution in [0.25, 0.3) is 0 Å². The number of quaternary nitrogens is 1. The van der Waals surface area contributed by atoms with Crippen LogP contribution in [0.3, 0.4) is 0 Å². The first kappa shape index (κ1) is 20.8. The fourth-order valence-electron chi connectivity index (χ4n) is 1.50.